The number of nitrogens with zero attached hydrogens (tertiary/aromatic N) is 4. The maximum Gasteiger partial charge on any atom is 0.261 e. The molecule has 0 spiro atoms. The molecule has 1 amide bonds. The summed E-state index contributed by atoms with van der Waals surface area (Å²) in [6, 6.07) is 6.67. The van der Waals surface area contributed by atoms with Crippen molar-refractivity contribution < 1.29 is 4.79 Å². The van der Waals surface area contributed by atoms with E-state index >= 15 is 0 Å². The highest BCUT2D eigenvalue weighted by Gasteiger charge is 2.26. The quantitative estimate of drug-likeness (QED) is 0.764. The number of fused-ring (bicyclic) bond motifs is 1. The fourth-order valence-corrected chi connectivity index (χ4v) is 2.93. The number of aromatic nitrogens is 4. The van der Waals surface area contributed by atoms with E-state index in [1.165, 1.54) is 10.9 Å². The normalized spacial score (nSPS) is 12.7. The van der Waals surface area contributed by atoms with E-state index in [-0.39, 0.29) is 23.4 Å². The van der Waals surface area contributed by atoms with Crippen molar-refractivity contribution in [3.8, 4) is 0 Å². The highest BCUT2D eigenvalue weighted by Crippen LogP contribution is 2.20. The Labute approximate surface area is 151 Å². The monoisotopic (exact) mass is 353 g/mol. The summed E-state index contributed by atoms with van der Waals surface area (Å²) in [7, 11) is 0. The van der Waals surface area contributed by atoms with Crippen molar-refractivity contribution in [2.45, 2.75) is 39.8 Å². The van der Waals surface area contributed by atoms with E-state index < -0.39 is 6.04 Å². The van der Waals surface area contributed by atoms with E-state index in [2.05, 4.69) is 15.4 Å². The molecule has 26 heavy (non-hydrogen) atoms. The molecule has 1 unspecified atom stereocenters. The molecular formula is C19H23N5O2. The molecule has 7 heteroatoms. The zero-order valence-corrected chi connectivity index (χ0v) is 15.4. The molecule has 0 bridgehead atoms. The van der Waals surface area contributed by atoms with Gasteiger partial charge in [-0.15, -0.1) is 0 Å². The van der Waals surface area contributed by atoms with Crippen molar-refractivity contribution in [2.24, 2.45) is 5.92 Å². The highest BCUT2D eigenvalue weighted by molar-refractivity contribution is 5.93. The van der Waals surface area contributed by atoms with Gasteiger partial charge in [0.25, 0.3) is 5.56 Å². The van der Waals surface area contributed by atoms with Crippen LogP contribution in [0.15, 0.2) is 47.8 Å². The van der Waals surface area contributed by atoms with Crippen LogP contribution in [0.3, 0.4) is 0 Å². The second kappa shape index (κ2) is 7.11. The van der Waals surface area contributed by atoms with Crippen LogP contribution >= 0.6 is 0 Å². The van der Waals surface area contributed by atoms with Crippen molar-refractivity contribution in [3.05, 3.63) is 53.3 Å². The number of amides is 1. The molecule has 2 aromatic heterocycles. The molecule has 2 heterocycles. The first kappa shape index (κ1) is 17.8. The van der Waals surface area contributed by atoms with E-state index in [9.17, 15) is 9.59 Å². The first-order chi connectivity index (χ1) is 12.4. The molecule has 0 saturated heterocycles. The minimum atomic E-state index is -0.665. The van der Waals surface area contributed by atoms with Gasteiger partial charge in [0.2, 0.25) is 5.91 Å². The van der Waals surface area contributed by atoms with Crippen molar-refractivity contribution in [1.82, 2.24) is 19.3 Å². The van der Waals surface area contributed by atoms with Crippen LogP contribution in [0.25, 0.3) is 10.9 Å². The molecule has 1 N–H and O–H groups in total. The molecule has 1 atom stereocenters. The van der Waals surface area contributed by atoms with Gasteiger partial charge in [0.1, 0.15) is 6.04 Å². The predicted molar refractivity (Wildman–Crippen MR) is 101 cm³/mol. The number of benzene rings is 1. The second-order valence-corrected chi connectivity index (χ2v) is 6.96. The maximum atomic E-state index is 12.9. The molecule has 3 aromatic rings. The van der Waals surface area contributed by atoms with Gasteiger partial charge in [-0.3, -0.25) is 18.8 Å². The van der Waals surface area contributed by atoms with Crippen molar-refractivity contribution >= 4 is 22.5 Å². The third-order valence-corrected chi connectivity index (χ3v) is 4.29. The Hall–Kier alpha value is -2.96. The summed E-state index contributed by atoms with van der Waals surface area (Å²) in [5.41, 5.74) is 1.01. The van der Waals surface area contributed by atoms with E-state index in [0.29, 0.717) is 16.6 Å². The lowest BCUT2D eigenvalue weighted by Gasteiger charge is -2.22. The van der Waals surface area contributed by atoms with E-state index in [4.69, 9.17) is 0 Å². The molecular weight excluding hydrogens is 330 g/mol. The Bertz CT molecular complexity index is 987. The molecule has 0 radical (unpaired) electrons. The van der Waals surface area contributed by atoms with Crippen LogP contribution < -0.4 is 10.9 Å². The third kappa shape index (κ3) is 3.37. The standard InChI is InChI=1S/C19H23N5O2/c1-12(2)17(18(25)22-14-9-21-24(10-14)13(3)4)23-11-20-16-8-6-5-7-15(16)19(23)26/h5-13,17H,1-4H3,(H,22,25). The van der Waals surface area contributed by atoms with Crippen LogP contribution in [0.2, 0.25) is 0 Å². The number of anilines is 1. The van der Waals surface area contributed by atoms with Gasteiger partial charge < -0.3 is 5.32 Å². The Morgan fingerprint density at radius 1 is 1.15 bits per heavy atom. The Balaban J connectivity index is 1.95. The Morgan fingerprint density at radius 3 is 2.54 bits per heavy atom. The zero-order valence-electron chi connectivity index (χ0n) is 15.4. The van der Waals surface area contributed by atoms with Gasteiger partial charge in [0, 0.05) is 12.2 Å². The minimum absolute atomic E-state index is 0.0872. The van der Waals surface area contributed by atoms with Crippen LogP contribution in [0.5, 0.6) is 0 Å². The number of carbonyl (C=O) groups excluding carboxylic acids is 1. The predicted octanol–water partition coefficient (Wildman–Crippen LogP) is 3.01. The minimum Gasteiger partial charge on any atom is -0.322 e. The largest absolute Gasteiger partial charge is 0.322 e. The summed E-state index contributed by atoms with van der Waals surface area (Å²) in [6.45, 7) is 7.83. The van der Waals surface area contributed by atoms with E-state index in [1.54, 1.807) is 35.3 Å². The zero-order chi connectivity index (χ0) is 18.8. The van der Waals surface area contributed by atoms with Crippen LogP contribution in [-0.4, -0.2) is 25.2 Å². The highest BCUT2D eigenvalue weighted by atomic mass is 16.2. The van der Waals surface area contributed by atoms with Gasteiger partial charge in [0.15, 0.2) is 0 Å². The first-order valence-electron chi connectivity index (χ1n) is 8.69. The number of hydrogen-bond donors (Lipinski definition) is 1. The van der Waals surface area contributed by atoms with Gasteiger partial charge in [0.05, 0.1) is 29.1 Å². The van der Waals surface area contributed by atoms with Crippen molar-refractivity contribution in [2.75, 3.05) is 5.32 Å². The van der Waals surface area contributed by atoms with Crippen LogP contribution in [0.4, 0.5) is 5.69 Å². The number of nitrogens with one attached hydrogen (secondary N) is 1. The molecule has 0 fully saturated rings. The van der Waals surface area contributed by atoms with Crippen LogP contribution in [-0.2, 0) is 4.79 Å². The lowest BCUT2D eigenvalue weighted by atomic mass is 10.0. The third-order valence-electron chi connectivity index (χ3n) is 4.29. The van der Waals surface area contributed by atoms with Crippen LogP contribution in [0.1, 0.15) is 39.8 Å². The summed E-state index contributed by atoms with van der Waals surface area (Å²) in [5.74, 6) is -0.349. The molecule has 3 rings (SSSR count). The molecule has 0 saturated carbocycles. The summed E-state index contributed by atoms with van der Waals surface area (Å²) < 4.78 is 3.18. The molecule has 136 valence electrons. The number of para-hydroxylation sites is 1. The van der Waals surface area contributed by atoms with E-state index in [1.807, 2.05) is 33.8 Å². The van der Waals surface area contributed by atoms with Crippen LogP contribution in [0, 0.1) is 5.92 Å². The SMILES string of the molecule is CC(C)C(C(=O)Nc1cnn(C(C)C)c1)n1cnc2ccccc2c1=O. The summed E-state index contributed by atoms with van der Waals surface area (Å²) in [5, 5.41) is 7.59. The number of carbonyl (C=O) groups is 1. The average Bonchev–Trinajstić information content (AvgIpc) is 3.06. The van der Waals surface area contributed by atoms with Gasteiger partial charge in [-0.2, -0.15) is 5.10 Å². The summed E-state index contributed by atoms with van der Waals surface area (Å²) in [4.78, 5) is 30.1. The molecule has 0 aliphatic heterocycles. The summed E-state index contributed by atoms with van der Waals surface area (Å²) in [6.07, 6.45) is 4.84. The fourth-order valence-electron chi connectivity index (χ4n) is 2.93. The molecule has 0 aliphatic rings. The Kier molecular flexibility index (Phi) is 4.88. The first-order valence-corrected chi connectivity index (χ1v) is 8.69. The fraction of sp³-hybridized carbons (Fsp3) is 0.368. The van der Waals surface area contributed by atoms with Gasteiger partial charge in [-0.25, -0.2) is 4.98 Å². The number of hydrogen-bond acceptors (Lipinski definition) is 4. The maximum absolute atomic E-state index is 12.9. The van der Waals surface area contributed by atoms with Crippen molar-refractivity contribution in [1.29, 1.82) is 0 Å². The molecule has 1 aromatic carbocycles. The van der Waals surface area contributed by atoms with Gasteiger partial charge in [-0.05, 0) is 31.9 Å². The topological polar surface area (TPSA) is 81.8 Å². The second-order valence-electron chi connectivity index (χ2n) is 6.96. The summed E-state index contributed by atoms with van der Waals surface area (Å²) >= 11 is 0. The molecule has 0 aliphatic carbocycles. The van der Waals surface area contributed by atoms with Crippen molar-refractivity contribution in [3.63, 3.8) is 0 Å². The van der Waals surface area contributed by atoms with Gasteiger partial charge in [-0.1, -0.05) is 26.0 Å². The van der Waals surface area contributed by atoms with Gasteiger partial charge >= 0.3 is 0 Å². The lowest BCUT2D eigenvalue weighted by Crippen LogP contribution is -2.36. The lowest BCUT2D eigenvalue weighted by molar-refractivity contribution is -0.120. The average molecular weight is 353 g/mol. The Morgan fingerprint density at radius 2 is 1.88 bits per heavy atom. The molecule has 7 nitrogen and oxygen atoms in total. The number of rotatable bonds is 5. The van der Waals surface area contributed by atoms with E-state index in [0.717, 1.165) is 0 Å². The smallest absolute Gasteiger partial charge is 0.261 e.